The van der Waals surface area contributed by atoms with Gasteiger partial charge >= 0.3 is 0 Å². The normalized spacial score (nSPS) is 25.3. The molecule has 3 rings (SSSR count). The van der Waals surface area contributed by atoms with Gasteiger partial charge in [0.1, 0.15) is 5.75 Å². The van der Waals surface area contributed by atoms with Crippen LogP contribution in [0.15, 0.2) is 36.5 Å². The molecule has 124 valence electrons. The van der Waals surface area contributed by atoms with Crippen molar-refractivity contribution in [1.82, 2.24) is 10.4 Å². The Bertz CT molecular complexity index is 610. The largest absolute Gasteiger partial charge is 0.497 e. The minimum absolute atomic E-state index is 0.0811. The maximum absolute atomic E-state index is 12.9. The molecule has 1 heterocycles. The molecular formula is C18H24N2O3. The molecule has 2 fully saturated rings. The summed E-state index contributed by atoms with van der Waals surface area (Å²) in [6.45, 7) is 3.91. The number of aliphatic hydroxyl groups is 1. The Hall–Kier alpha value is -2.01. The zero-order valence-corrected chi connectivity index (χ0v) is 13.5. The maximum Gasteiger partial charge on any atom is 0.275 e. The van der Waals surface area contributed by atoms with Gasteiger partial charge in [0.2, 0.25) is 0 Å². The van der Waals surface area contributed by atoms with E-state index in [2.05, 4.69) is 12.0 Å². The summed E-state index contributed by atoms with van der Waals surface area (Å²) in [5.41, 5.74) is 2.94. The number of hydrazine groups is 1. The number of amides is 1. The molecule has 1 aliphatic carbocycles. The fourth-order valence-corrected chi connectivity index (χ4v) is 3.69. The molecule has 2 aliphatic rings. The minimum Gasteiger partial charge on any atom is -0.497 e. The molecule has 1 aromatic carbocycles. The highest BCUT2D eigenvalue weighted by Gasteiger charge is 2.50. The van der Waals surface area contributed by atoms with Gasteiger partial charge in [0.15, 0.2) is 5.72 Å². The Balaban J connectivity index is 1.88. The molecule has 1 amide bonds. The summed E-state index contributed by atoms with van der Waals surface area (Å²) in [5.74, 6) is 0.447. The number of hydrogen-bond donors (Lipinski definition) is 2. The molecule has 2 N–H and O–H groups in total. The number of benzene rings is 1. The highest BCUT2D eigenvalue weighted by molar-refractivity contribution is 5.95. The molecule has 1 unspecified atom stereocenters. The quantitative estimate of drug-likeness (QED) is 0.900. The van der Waals surface area contributed by atoms with E-state index in [1.807, 2.05) is 0 Å². The molecule has 1 saturated heterocycles. The van der Waals surface area contributed by atoms with Crippen LogP contribution in [0.2, 0.25) is 0 Å². The first-order valence-corrected chi connectivity index (χ1v) is 8.20. The predicted octanol–water partition coefficient (Wildman–Crippen LogP) is 2.83. The molecule has 1 saturated carbocycles. The number of carbonyl (C=O) groups is 1. The van der Waals surface area contributed by atoms with E-state index in [-0.39, 0.29) is 11.8 Å². The summed E-state index contributed by atoms with van der Waals surface area (Å²) in [5, 5.41) is 12.6. The zero-order valence-electron chi connectivity index (χ0n) is 13.5. The van der Waals surface area contributed by atoms with E-state index in [1.54, 1.807) is 31.4 Å². The first-order chi connectivity index (χ1) is 11.0. The number of ether oxygens (including phenoxy) is 1. The minimum atomic E-state index is -1.20. The van der Waals surface area contributed by atoms with Gasteiger partial charge in [0.05, 0.1) is 7.11 Å². The molecule has 0 bridgehead atoms. The predicted molar refractivity (Wildman–Crippen MR) is 87.6 cm³/mol. The van der Waals surface area contributed by atoms with Crippen LogP contribution in [0, 0.1) is 5.92 Å². The Morgan fingerprint density at radius 3 is 2.83 bits per heavy atom. The van der Waals surface area contributed by atoms with Crippen molar-refractivity contribution in [3.8, 4) is 5.75 Å². The third-order valence-corrected chi connectivity index (χ3v) is 4.91. The average Bonchev–Trinajstić information content (AvgIpc) is 2.91. The molecule has 0 aromatic heterocycles. The van der Waals surface area contributed by atoms with Crippen molar-refractivity contribution in [2.45, 2.75) is 44.2 Å². The topological polar surface area (TPSA) is 61.8 Å². The van der Waals surface area contributed by atoms with Gasteiger partial charge in [0, 0.05) is 23.6 Å². The second-order valence-corrected chi connectivity index (χ2v) is 6.48. The van der Waals surface area contributed by atoms with Crippen LogP contribution in [0.25, 0.3) is 0 Å². The molecule has 1 atom stereocenters. The van der Waals surface area contributed by atoms with Crippen LogP contribution in [0.5, 0.6) is 5.75 Å². The molecule has 5 heteroatoms. The SMILES string of the molecule is C=C1CC(O)(C2CCCCC2)N(C(=O)c2cccc(OC)c2)N1. The fraction of sp³-hybridized carbons (Fsp3) is 0.500. The van der Waals surface area contributed by atoms with E-state index < -0.39 is 5.72 Å². The number of nitrogens with zero attached hydrogens (tertiary/aromatic N) is 1. The average molecular weight is 316 g/mol. The van der Waals surface area contributed by atoms with Crippen LogP contribution in [-0.2, 0) is 0 Å². The summed E-state index contributed by atoms with van der Waals surface area (Å²) in [4.78, 5) is 12.9. The summed E-state index contributed by atoms with van der Waals surface area (Å²) in [6, 6.07) is 6.98. The third-order valence-electron chi connectivity index (χ3n) is 4.91. The van der Waals surface area contributed by atoms with Crippen LogP contribution in [0.1, 0.15) is 48.9 Å². The highest BCUT2D eigenvalue weighted by atomic mass is 16.5. The number of hydrogen-bond acceptors (Lipinski definition) is 4. The first-order valence-electron chi connectivity index (χ1n) is 8.20. The van der Waals surface area contributed by atoms with Crippen molar-refractivity contribution in [2.24, 2.45) is 5.92 Å². The summed E-state index contributed by atoms with van der Waals surface area (Å²) < 4.78 is 5.19. The lowest BCUT2D eigenvalue weighted by molar-refractivity contribution is -0.127. The van der Waals surface area contributed by atoms with E-state index in [0.29, 0.717) is 23.4 Å². The van der Waals surface area contributed by atoms with Crippen LogP contribution in [0.3, 0.4) is 0 Å². The lowest BCUT2D eigenvalue weighted by atomic mass is 9.80. The molecule has 0 radical (unpaired) electrons. The van der Waals surface area contributed by atoms with E-state index in [0.717, 1.165) is 25.7 Å². The smallest absolute Gasteiger partial charge is 0.275 e. The number of methoxy groups -OCH3 is 1. The van der Waals surface area contributed by atoms with Crippen molar-refractivity contribution in [3.63, 3.8) is 0 Å². The third kappa shape index (κ3) is 2.93. The van der Waals surface area contributed by atoms with Crippen LogP contribution in [-0.4, -0.2) is 28.9 Å². The monoisotopic (exact) mass is 316 g/mol. The van der Waals surface area contributed by atoms with E-state index in [1.165, 1.54) is 11.4 Å². The van der Waals surface area contributed by atoms with E-state index in [4.69, 9.17) is 4.74 Å². The van der Waals surface area contributed by atoms with Crippen molar-refractivity contribution in [3.05, 3.63) is 42.1 Å². The van der Waals surface area contributed by atoms with Gasteiger partial charge in [-0.1, -0.05) is 31.9 Å². The summed E-state index contributed by atoms with van der Waals surface area (Å²) >= 11 is 0. The molecule has 1 aromatic rings. The Labute approximate surface area is 136 Å². The first kappa shape index (κ1) is 15.9. The van der Waals surface area contributed by atoms with Gasteiger partial charge < -0.3 is 9.84 Å². The van der Waals surface area contributed by atoms with Crippen molar-refractivity contribution in [1.29, 1.82) is 0 Å². The van der Waals surface area contributed by atoms with Gasteiger partial charge in [-0.15, -0.1) is 0 Å². The van der Waals surface area contributed by atoms with Gasteiger partial charge in [-0.2, -0.15) is 0 Å². The Kier molecular flexibility index (Phi) is 4.31. The van der Waals surface area contributed by atoms with E-state index >= 15 is 0 Å². The van der Waals surface area contributed by atoms with Crippen LogP contribution < -0.4 is 10.2 Å². The fourth-order valence-electron chi connectivity index (χ4n) is 3.69. The van der Waals surface area contributed by atoms with Crippen molar-refractivity contribution < 1.29 is 14.6 Å². The zero-order chi connectivity index (χ0) is 16.4. The number of rotatable bonds is 3. The van der Waals surface area contributed by atoms with E-state index in [9.17, 15) is 9.90 Å². The number of carbonyl (C=O) groups excluding carboxylic acids is 1. The maximum atomic E-state index is 12.9. The number of nitrogens with one attached hydrogen (secondary N) is 1. The second-order valence-electron chi connectivity index (χ2n) is 6.48. The van der Waals surface area contributed by atoms with Crippen LogP contribution in [0.4, 0.5) is 0 Å². The Morgan fingerprint density at radius 2 is 2.13 bits per heavy atom. The standard InChI is InChI=1S/C18H24N2O3/c1-13-12-18(22,15-8-4-3-5-9-15)20(19-13)17(21)14-7-6-10-16(11-14)23-2/h6-7,10-11,15,19,22H,1,3-5,8-9,12H2,2H3. The van der Waals surface area contributed by atoms with Gasteiger partial charge in [-0.25, -0.2) is 5.01 Å². The highest BCUT2D eigenvalue weighted by Crippen LogP contribution is 2.41. The van der Waals surface area contributed by atoms with Crippen molar-refractivity contribution >= 4 is 5.91 Å². The second kappa shape index (κ2) is 6.24. The Morgan fingerprint density at radius 1 is 1.39 bits per heavy atom. The molecular weight excluding hydrogens is 292 g/mol. The summed E-state index contributed by atoms with van der Waals surface area (Å²) in [7, 11) is 1.57. The lowest BCUT2D eigenvalue weighted by Crippen LogP contribution is -2.56. The van der Waals surface area contributed by atoms with Gasteiger partial charge in [-0.05, 0) is 31.0 Å². The van der Waals surface area contributed by atoms with Gasteiger partial charge in [0.25, 0.3) is 5.91 Å². The van der Waals surface area contributed by atoms with Crippen molar-refractivity contribution in [2.75, 3.05) is 7.11 Å². The molecule has 23 heavy (non-hydrogen) atoms. The van der Waals surface area contributed by atoms with Gasteiger partial charge in [-0.3, -0.25) is 10.2 Å². The summed E-state index contributed by atoms with van der Waals surface area (Å²) in [6.07, 6.45) is 5.65. The lowest BCUT2D eigenvalue weighted by Gasteiger charge is -2.40. The molecule has 5 nitrogen and oxygen atoms in total. The molecule has 1 aliphatic heterocycles. The molecule has 0 spiro atoms. The van der Waals surface area contributed by atoms with Crippen LogP contribution >= 0.6 is 0 Å².